The number of pyridine rings is 1. The summed E-state index contributed by atoms with van der Waals surface area (Å²) >= 11 is 0. The van der Waals surface area contributed by atoms with Crippen LogP contribution >= 0.6 is 0 Å². The van der Waals surface area contributed by atoms with Gasteiger partial charge in [0.1, 0.15) is 11.9 Å². The number of rotatable bonds is 10. The highest BCUT2D eigenvalue weighted by Crippen LogP contribution is 2.28. The summed E-state index contributed by atoms with van der Waals surface area (Å²) in [5, 5.41) is 8.05. The van der Waals surface area contributed by atoms with Gasteiger partial charge in [-0.2, -0.15) is 5.10 Å². The van der Waals surface area contributed by atoms with Gasteiger partial charge in [-0.3, -0.25) is 19.2 Å². The highest BCUT2D eigenvalue weighted by atomic mass is 19.1. The molecule has 0 saturated carbocycles. The summed E-state index contributed by atoms with van der Waals surface area (Å²) in [4.78, 5) is 33.9. The van der Waals surface area contributed by atoms with Crippen LogP contribution in [0.4, 0.5) is 10.1 Å². The molecule has 1 aliphatic heterocycles. The number of carbonyl (C=O) groups excluding carboxylic acids is 1. The van der Waals surface area contributed by atoms with Crippen molar-refractivity contribution in [2.45, 2.75) is 33.0 Å². The largest absolute Gasteiger partial charge is 0.493 e. The van der Waals surface area contributed by atoms with Crippen LogP contribution in [0.15, 0.2) is 84.0 Å². The number of carbonyl (C=O) groups is 1. The zero-order valence-electron chi connectivity index (χ0n) is 24.3. The van der Waals surface area contributed by atoms with Gasteiger partial charge < -0.3 is 20.0 Å². The average Bonchev–Trinajstić information content (AvgIpc) is 3.73. The van der Waals surface area contributed by atoms with E-state index in [9.17, 15) is 14.0 Å². The van der Waals surface area contributed by atoms with Gasteiger partial charge in [0.05, 0.1) is 41.9 Å². The summed E-state index contributed by atoms with van der Waals surface area (Å²) < 4.78 is 21.4. The number of hydrogen-bond acceptors (Lipinski definition) is 5. The third-order valence-corrected chi connectivity index (χ3v) is 7.62. The van der Waals surface area contributed by atoms with E-state index >= 15 is 0 Å². The van der Waals surface area contributed by atoms with Gasteiger partial charge >= 0.3 is 0 Å². The van der Waals surface area contributed by atoms with E-state index in [1.165, 1.54) is 12.4 Å². The maximum Gasteiger partial charge on any atom is 0.258 e. The molecule has 10 heteroatoms. The van der Waals surface area contributed by atoms with E-state index in [4.69, 9.17) is 4.74 Å². The maximum absolute atomic E-state index is 13.6. The van der Waals surface area contributed by atoms with E-state index < -0.39 is 6.17 Å². The van der Waals surface area contributed by atoms with Crippen LogP contribution in [0.25, 0.3) is 22.2 Å². The van der Waals surface area contributed by atoms with Gasteiger partial charge in [0.2, 0.25) is 0 Å². The van der Waals surface area contributed by atoms with Crippen LogP contribution in [0.3, 0.4) is 0 Å². The lowest BCUT2D eigenvalue weighted by molar-refractivity contribution is 0.102. The lowest BCUT2D eigenvalue weighted by Gasteiger charge is -2.29. The molecule has 0 unspecified atom stereocenters. The number of alkyl halides is 1. The topological polar surface area (TPSA) is 108 Å². The molecule has 2 aromatic carbocycles. The van der Waals surface area contributed by atoms with Gasteiger partial charge in [-0.15, -0.1) is 0 Å². The van der Waals surface area contributed by atoms with Crippen LogP contribution in [-0.4, -0.2) is 63.0 Å². The molecule has 3 aromatic heterocycles. The number of benzene rings is 2. The van der Waals surface area contributed by atoms with Crippen LogP contribution in [0.5, 0.6) is 5.75 Å². The first-order valence-corrected chi connectivity index (χ1v) is 14.4. The highest BCUT2D eigenvalue weighted by molar-refractivity contribution is 6.04. The molecule has 1 fully saturated rings. The molecule has 1 atom stereocenters. The Hall–Kier alpha value is -4.70. The Morgan fingerprint density at radius 3 is 2.79 bits per heavy atom. The molecule has 9 nitrogen and oxygen atoms in total. The van der Waals surface area contributed by atoms with Gasteiger partial charge in [-0.1, -0.05) is 44.2 Å². The van der Waals surface area contributed by atoms with E-state index in [0.717, 1.165) is 35.3 Å². The van der Waals surface area contributed by atoms with Crippen molar-refractivity contribution in [3.05, 3.63) is 101 Å². The first-order chi connectivity index (χ1) is 20.7. The minimum Gasteiger partial charge on any atom is -0.493 e. The SMILES string of the molecule is CC(C)(COc1ccc2[nH]c(-c3cc(NC(=O)c4cnn(Cc5ccccc5)c4)c[nH]c3=O)cc2c1)CN1CC[C@@H](F)C1. The number of halogens is 1. The number of ether oxygens (including phenoxy) is 1. The highest BCUT2D eigenvalue weighted by Gasteiger charge is 2.28. The van der Waals surface area contributed by atoms with Gasteiger partial charge in [0.25, 0.3) is 11.5 Å². The number of likely N-dealkylation sites (tertiary alicyclic amines) is 1. The summed E-state index contributed by atoms with van der Waals surface area (Å²) in [5.41, 5.74) is 3.40. The number of nitrogens with zero attached hydrogens (tertiary/aromatic N) is 3. The first-order valence-electron chi connectivity index (χ1n) is 14.4. The summed E-state index contributed by atoms with van der Waals surface area (Å²) in [7, 11) is 0. The fourth-order valence-electron chi connectivity index (χ4n) is 5.50. The summed E-state index contributed by atoms with van der Waals surface area (Å²) in [6, 6.07) is 19.2. The standard InChI is InChI=1S/C33H35FN6O3/c1-33(2,20-39-11-10-25(34)19-39)21-43-27-8-9-29-23(12-27)13-30(38-29)28-14-26(16-35-32(28)42)37-31(41)24-15-36-40(18-24)17-22-6-4-3-5-7-22/h3-9,12-16,18,25,38H,10-11,17,19-21H2,1-2H3,(H,35,42)(H,37,41)/t25-/m1/s1. The third-order valence-electron chi connectivity index (χ3n) is 7.62. The van der Waals surface area contributed by atoms with Crippen molar-refractivity contribution in [3.8, 4) is 17.0 Å². The minimum atomic E-state index is -0.735. The van der Waals surface area contributed by atoms with E-state index in [1.54, 1.807) is 16.9 Å². The number of aromatic nitrogens is 4. The van der Waals surface area contributed by atoms with Gasteiger partial charge in [0, 0.05) is 48.3 Å². The molecule has 222 valence electrons. The fourth-order valence-corrected chi connectivity index (χ4v) is 5.50. The number of amides is 1. The Bertz CT molecular complexity index is 1790. The van der Waals surface area contributed by atoms with Crippen molar-refractivity contribution in [2.75, 3.05) is 31.6 Å². The molecule has 1 amide bonds. The molecular weight excluding hydrogens is 547 g/mol. The fraction of sp³-hybridized carbons (Fsp3) is 0.303. The maximum atomic E-state index is 13.6. The van der Waals surface area contributed by atoms with Gasteiger partial charge in [0.15, 0.2) is 0 Å². The molecule has 0 spiro atoms. The first kappa shape index (κ1) is 28.4. The number of nitrogens with one attached hydrogen (secondary N) is 3. The lowest BCUT2D eigenvalue weighted by Crippen LogP contribution is -2.36. The molecule has 1 aliphatic rings. The monoisotopic (exact) mass is 582 g/mol. The average molecular weight is 583 g/mol. The van der Waals surface area contributed by atoms with Gasteiger partial charge in [-0.05, 0) is 42.3 Å². The van der Waals surface area contributed by atoms with Crippen molar-refractivity contribution in [3.63, 3.8) is 0 Å². The molecular formula is C33H35FN6O3. The predicted molar refractivity (Wildman–Crippen MR) is 165 cm³/mol. The molecule has 4 heterocycles. The lowest BCUT2D eigenvalue weighted by atomic mass is 9.94. The Balaban J connectivity index is 1.12. The van der Waals surface area contributed by atoms with Crippen LogP contribution in [0.2, 0.25) is 0 Å². The summed E-state index contributed by atoms with van der Waals surface area (Å²) in [6.45, 7) is 7.35. The molecule has 6 rings (SSSR count). The minimum absolute atomic E-state index is 0.138. The Morgan fingerprint density at radius 2 is 2.00 bits per heavy atom. The Labute approximate surface area is 248 Å². The second kappa shape index (κ2) is 11.9. The van der Waals surface area contributed by atoms with E-state index in [1.807, 2.05) is 54.6 Å². The van der Waals surface area contributed by atoms with E-state index in [0.29, 0.717) is 48.6 Å². The molecule has 5 aromatic rings. The number of aromatic amines is 2. The molecule has 0 radical (unpaired) electrons. The van der Waals surface area contributed by atoms with Crippen molar-refractivity contribution < 1.29 is 13.9 Å². The van der Waals surface area contributed by atoms with Crippen LogP contribution in [-0.2, 0) is 6.54 Å². The van der Waals surface area contributed by atoms with E-state index in [-0.39, 0.29) is 16.9 Å². The number of fused-ring (bicyclic) bond motifs is 1. The molecule has 1 saturated heterocycles. The Morgan fingerprint density at radius 1 is 1.16 bits per heavy atom. The number of hydrogen-bond donors (Lipinski definition) is 3. The zero-order valence-corrected chi connectivity index (χ0v) is 24.3. The van der Waals surface area contributed by atoms with Crippen molar-refractivity contribution >= 4 is 22.5 Å². The van der Waals surface area contributed by atoms with Crippen molar-refractivity contribution in [1.29, 1.82) is 0 Å². The second-order valence-electron chi connectivity index (χ2n) is 12.0. The molecule has 0 aliphatic carbocycles. The van der Waals surface area contributed by atoms with Crippen LogP contribution in [0, 0.1) is 5.41 Å². The third kappa shape index (κ3) is 6.86. The van der Waals surface area contributed by atoms with Crippen LogP contribution < -0.4 is 15.6 Å². The van der Waals surface area contributed by atoms with Crippen molar-refractivity contribution in [2.24, 2.45) is 5.41 Å². The smallest absolute Gasteiger partial charge is 0.258 e. The number of H-pyrrole nitrogens is 2. The quantitative estimate of drug-likeness (QED) is 0.202. The van der Waals surface area contributed by atoms with Crippen molar-refractivity contribution in [1.82, 2.24) is 24.6 Å². The second-order valence-corrected chi connectivity index (χ2v) is 12.0. The predicted octanol–water partition coefficient (Wildman–Crippen LogP) is 5.47. The Kier molecular flexibility index (Phi) is 7.86. The normalized spacial score (nSPS) is 15.7. The molecule has 43 heavy (non-hydrogen) atoms. The van der Waals surface area contributed by atoms with E-state index in [2.05, 4.69) is 39.1 Å². The molecule has 0 bridgehead atoms. The zero-order chi connectivity index (χ0) is 30.0. The number of anilines is 1. The molecule has 3 N–H and O–H groups in total. The van der Waals surface area contributed by atoms with Gasteiger partial charge in [-0.25, -0.2) is 4.39 Å². The van der Waals surface area contributed by atoms with Crippen LogP contribution in [0.1, 0.15) is 36.2 Å². The summed E-state index contributed by atoms with van der Waals surface area (Å²) in [6.07, 6.45) is 4.56. The summed E-state index contributed by atoms with van der Waals surface area (Å²) in [5.74, 6) is 0.395.